The number of carbonyl (C=O) groups is 1. The number of hydrogen-bond donors (Lipinski definition) is 2. The number of fused-ring (bicyclic) bond motifs is 1. The van der Waals surface area contributed by atoms with Crippen LogP contribution in [0.3, 0.4) is 0 Å². The number of ether oxygens (including phenoxy) is 1. The van der Waals surface area contributed by atoms with Gasteiger partial charge in [0, 0.05) is 22.7 Å². The fraction of sp³-hybridized carbons (Fsp3) is 0.0667. The summed E-state index contributed by atoms with van der Waals surface area (Å²) in [5.41, 5.74) is 4.04. The van der Waals surface area contributed by atoms with Crippen LogP contribution < -0.4 is 4.74 Å². The van der Waals surface area contributed by atoms with Crippen LogP contribution in [-0.2, 0) is 6.54 Å². The van der Waals surface area contributed by atoms with E-state index in [0.717, 1.165) is 22.4 Å². The van der Waals surface area contributed by atoms with Crippen LogP contribution in [0.25, 0.3) is 11.3 Å². The number of carbonyl (C=O) groups excluding carboxylic acids is 1. The first-order valence-electron chi connectivity index (χ1n) is 11.8. The number of aromatic nitrogens is 2. The molecule has 1 aliphatic heterocycles. The Hall–Kier alpha value is -4.55. The molecule has 0 aliphatic carbocycles. The van der Waals surface area contributed by atoms with E-state index in [9.17, 15) is 9.90 Å². The number of aromatic hydroxyl groups is 1. The summed E-state index contributed by atoms with van der Waals surface area (Å²) in [6.45, 7) is 0.368. The highest BCUT2D eigenvalue weighted by Gasteiger charge is 2.42. The standard InChI is InChI=1S/C30H22ClN3O3/c31-21-15-13-19(14-16-21)18-34-29(20-7-6-10-23(17-20)37-22-8-2-1-3-9-22)26-27(32-33-28(26)30(34)36)24-11-4-5-12-25(24)35/h1-17,29,35H,18H2,(H,32,33). The van der Waals surface area contributed by atoms with Crippen molar-refractivity contribution >= 4 is 17.5 Å². The molecule has 1 aromatic heterocycles. The quantitative estimate of drug-likeness (QED) is 0.260. The summed E-state index contributed by atoms with van der Waals surface area (Å²) in [4.78, 5) is 15.5. The van der Waals surface area contributed by atoms with Crippen molar-refractivity contribution in [3.05, 3.63) is 131 Å². The fourth-order valence-corrected chi connectivity index (χ4v) is 4.87. The second kappa shape index (κ2) is 9.48. The second-order valence-electron chi connectivity index (χ2n) is 8.83. The largest absolute Gasteiger partial charge is 0.507 e. The van der Waals surface area contributed by atoms with Gasteiger partial charge in [0.1, 0.15) is 28.6 Å². The topological polar surface area (TPSA) is 78.5 Å². The Morgan fingerprint density at radius 3 is 2.41 bits per heavy atom. The van der Waals surface area contributed by atoms with E-state index in [-0.39, 0.29) is 11.7 Å². The lowest BCUT2D eigenvalue weighted by Crippen LogP contribution is -2.29. The Bertz CT molecular complexity index is 1580. The number of benzene rings is 4. The number of rotatable bonds is 6. The van der Waals surface area contributed by atoms with Gasteiger partial charge >= 0.3 is 0 Å². The number of halogens is 1. The van der Waals surface area contributed by atoms with Gasteiger partial charge in [-0.3, -0.25) is 9.89 Å². The van der Waals surface area contributed by atoms with Gasteiger partial charge in [-0.25, -0.2) is 0 Å². The maximum absolute atomic E-state index is 13.7. The number of phenolic OH excluding ortho intramolecular Hbond substituents is 1. The molecule has 0 saturated heterocycles. The van der Waals surface area contributed by atoms with Gasteiger partial charge in [0.15, 0.2) is 0 Å². The predicted octanol–water partition coefficient (Wildman–Crippen LogP) is 6.97. The summed E-state index contributed by atoms with van der Waals surface area (Å²) >= 11 is 6.09. The molecule has 6 nitrogen and oxygen atoms in total. The summed E-state index contributed by atoms with van der Waals surface area (Å²) in [6.07, 6.45) is 0. The van der Waals surface area contributed by atoms with Gasteiger partial charge in [-0.1, -0.05) is 66.2 Å². The van der Waals surface area contributed by atoms with Gasteiger partial charge in [0.2, 0.25) is 0 Å². The number of nitrogens with zero attached hydrogens (tertiary/aromatic N) is 2. The molecule has 182 valence electrons. The molecule has 6 rings (SSSR count). The van der Waals surface area contributed by atoms with E-state index in [2.05, 4.69) is 10.2 Å². The van der Waals surface area contributed by atoms with E-state index in [1.807, 2.05) is 84.9 Å². The third kappa shape index (κ3) is 4.32. The Morgan fingerprint density at radius 2 is 1.62 bits per heavy atom. The average Bonchev–Trinajstić information content (AvgIpc) is 3.45. The molecular weight excluding hydrogens is 486 g/mol. The van der Waals surface area contributed by atoms with Crippen LogP contribution in [0.4, 0.5) is 0 Å². The third-order valence-corrected chi connectivity index (χ3v) is 6.69. The van der Waals surface area contributed by atoms with Crippen molar-refractivity contribution in [3.8, 4) is 28.5 Å². The molecule has 37 heavy (non-hydrogen) atoms. The highest BCUT2D eigenvalue weighted by molar-refractivity contribution is 6.30. The molecule has 0 spiro atoms. The SMILES string of the molecule is O=C1c2[nH]nc(-c3ccccc3O)c2C(c2cccc(Oc3ccccc3)c2)N1Cc1ccc(Cl)cc1. The van der Waals surface area contributed by atoms with Crippen molar-refractivity contribution in [1.29, 1.82) is 0 Å². The van der Waals surface area contributed by atoms with Gasteiger partial charge in [0.05, 0.1) is 6.04 Å². The summed E-state index contributed by atoms with van der Waals surface area (Å²) in [5.74, 6) is 1.31. The predicted molar refractivity (Wildman–Crippen MR) is 142 cm³/mol. The lowest BCUT2D eigenvalue weighted by atomic mass is 9.95. The second-order valence-corrected chi connectivity index (χ2v) is 9.26. The van der Waals surface area contributed by atoms with E-state index < -0.39 is 6.04 Å². The maximum Gasteiger partial charge on any atom is 0.273 e. The minimum atomic E-state index is -0.453. The number of amides is 1. The van der Waals surface area contributed by atoms with Crippen molar-refractivity contribution in [3.63, 3.8) is 0 Å². The minimum Gasteiger partial charge on any atom is -0.507 e. The zero-order valence-corrected chi connectivity index (χ0v) is 20.4. The Labute approximate surface area is 218 Å². The molecule has 0 fully saturated rings. The Morgan fingerprint density at radius 1 is 0.892 bits per heavy atom. The van der Waals surface area contributed by atoms with Crippen LogP contribution in [0.5, 0.6) is 17.2 Å². The summed E-state index contributed by atoms with van der Waals surface area (Å²) < 4.78 is 6.09. The first-order chi connectivity index (χ1) is 18.1. The number of aromatic amines is 1. The number of H-pyrrole nitrogens is 1. The van der Waals surface area contributed by atoms with Crippen LogP contribution in [0.15, 0.2) is 103 Å². The monoisotopic (exact) mass is 507 g/mol. The molecule has 5 aromatic rings. The number of phenols is 1. The lowest BCUT2D eigenvalue weighted by Gasteiger charge is -2.27. The zero-order chi connectivity index (χ0) is 25.4. The molecule has 1 amide bonds. The molecular formula is C30H22ClN3O3. The van der Waals surface area contributed by atoms with Gasteiger partial charge in [-0.2, -0.15) is 5.10 Å². The van der Waals surface area contributed by atoms with E-state index in [0.29, 0.717) is 34.3 Å². The summed E-state index contributed by atoms with van der Waals surface area (Å²) in [6, 6.07) is 31.3. The summed E-state index contributed by atoms with van der Waals surface area (Å²) in [7, 11) is 0. The molecule has 1 atom stereocenters. The maximum atomic E-state index is 13.7. The van der Waals surface area contributed by atoms with Crippen molar-refractivity contribution in [1.82, 2.24) is 15.1 Å². The smallest absolute Gasteiger partial charge is 0.273 e. The first kappa shape index (κ1) is 22.9. The van der Waals surface area contributed by atoms with Crippen molar-refractivity contribution in [2.75, 3.05) is 0 Å². The third-order valence-electron chi connectivity index (χ3n) is 6.44. The van der Waals surface area contributed by atoms with Crippen LogP contribution in [-0.4, -0.2) is 26.1 Å². The zero-order valence-electron chi connectivity index (χ0n) is 19.6. The normalized spacial score (nSPS) is 14.6. The number of para-hydroxylation sites is 2. The Balaban J connectivity index is 1.46. The average molecular weight is 508 g/mol. The highest BCUT2D eigenvalue weighted by atomic mass is 35.5. The van der Waals surface area contributed by atoms with E-state index in [1.54, 1.807) is 23.1 Å². The van der Waals surface area contributed by atoms with E-state index in [1.165, 1.54) is 0 Å². The van der Waals surface area contributed by atoms with Crippen LogP contribution >= 0.6 is 11.6 Å². The molecule has 1 unspecified atom stereocenters. The van der Waals surface area contributed by atoms with E-state index in [4.69, 9.17) is 16.3 Å². The van der Waals surface area contributed by atoms with Gasteiger partial charge in [-0.15, -0.1) is 0 Å². The van der Waals surface area contributed by atoms with Crippen molar-refractivity contribution in [2.24, 2.45) is 0 Å². The minimum absolute atomic E-state index is 0.0975. The Kier molecular flexibility index (Phi) is 5.87. The van der Waals surface area contributed by atoms with Crippen LogP contribution in [0, 0.1) is 0 Å². The number of nitrogens with one attached hydrogen (secondary N) is 1. The lowest BCUT2D eigenvalue weighted by molar-refractivity contribution is 0.0730. The van der Waals surface area contributed by atoms with Crippen LogP contribution in [0.1, 0.15) is 33.2 Å². The molecule has 2 N–H and O–H groups in total. The first-order valence-corrected chi connectivity index (χ1v) is 12.2. The fourth-order valence-electron chi connectivity index (χ4n) is 4.74. The molecule has 2 heterocycles. The van der Waals surface area contributed by atoms with Crippen molar-refractivity contribution < 1.29 is 14.6 Å². The molecule has 7 heteroatoms. The van der Waals surface area contributed by atoms with Gasteiger partial charge in [0.25, 0.3) is 5.91 Å². The van der Waals surface area contributed by atoms with Crippen molar-refractivity contribution in [2.45, 2.75) is 12.6 Å². The molecule has 1 aliphatic rings. The molecule has 0 saturated carbocycles. The van der Waals surface area contributed by atoms with Crippen LogP contribution in [0.2, 0.25) is 5.02 Å². The van der Waals surface area contributed by atoms with E-state index >= 15 is 0 Å². The number of hydrogen-bond acceptors (Lipinski definition) is 4. The molecule has 0 bridgehead atoms. The van der Waals surface area contributed by atoms with Gasteiger partial charge in [-0.05, 0) is 59.7 Å². The molecule has 0 radical (unpaired) electrons. The summed E-state index contributed by atoms with van der Waals surface area (Å²) in [5, 5.41) is 18.6. The highest BCUT2D eigenvalue weighted by Crippen LogP contribution is 2.45. The van der Waals surface area contributed by atoms with Gasteiger partial charge < -0.3 is 14.7 Å². The molecule has 4 aromatic carbocycles.